The normalized spacial score (nSPS) is 26.3. The number of hydrogen-bond acceptors (Lipinski definition) is 3. The van der Waals surface area contributed by atoms with Crippen LogP contribution in [0.5, 0.6) is 0 Å². The molecule has 0 aliphatic carbocycles. The number of benzene rings is 1. The van der Waals surface area contributed by atoms with E-state index in [4.69, 9.17) is 10.5 Å². The Hall–Kier alpha value is -0.420. The van der Waals surface area contributed by atoms with Gasteiger partial charge in [-0.15, -0.1) is 0 Å². The van der Waals surface area contributed by atoms with Crippen molar-refractivity contribution < 1.29 is 4.74 Å². The molecule has 106 valence electrons. The largest absolute Gasteiger partial charge is 0.376 e. The van der Waals surface area contributed by atoms with Crippen LogP contribution in [-0.4, -0.2) is 36.7 Å². The summed E-state index contributed by atoms with van der Waals surface area (Å²) in [5.41, 5.74) is 7.50. The number of nitrogens with zero attached hydrogens (tertiary/aromatic N) is 1. The van der Waals surface area contributed by atoms with Gasteiger partial charge in [0.15, 0.2) is 0 Å². The Bertz CT molecular complexity index is 413. The van der Waals surface area contributed by atoms with Crippen molar-refractivity contribution >= 4 is 15.9 Å². The molecule has 1 aliphatic heterocycles. The van der Waals surface area contributed by atoms with E-state index in [1.807, 2.05) is 12.1 Å². The van der Waals surface area contributed by atoms with E-state index in [0.717, 1.165) is 30.6 Å². The minimum Gasteiger partial charge on any atom is -0.376 e. The van der Waals surface area contributed by atoms with Crippen molar-refractivity contribution in [3.05, 3.63) is 34.3 Å². The quantitative estimate of drug-likeness (QED) is 0.924. The summed E-state index contributed by atoms with van der Waals surface area (Å²) in [7, 11) is 0. The summed E-state index contributed by atoms with van der Waals surface area (Å²) in [5.74, 6) is 0. The van der Waals surface area contributed by atoms with Gasteiger partial charge in [-0.3, -0.25) is 4.90 Å². The van der Waals surface area contributed by atoms with E-state index in [1.54, 1.807) is 0 Å². The molecule has 1 aliphatic rings. The highest BCUT2D eigenvalue weighted by atomic mass is 79.9. The second-order valence-corrected chi connectivity index (χ2v) is 6.26. The SMILES string of the molecule is CC1CN(CCC(N)c2ccccc2Br)C(C)CO1. The fourth-order valence-electron chi connectivity index (χ4n) is 2.52. The van der Waals surface area contributed by atoms with Crippen LogP contribution in [0.25, 0.3) is 0 Å². The van der Waals surface area contributed by atoms with Gasteiger partial charge in [-0.25, -0.2) is 0 Å². The van der Waals surface area contributed by atoms with Crippen molar-refractivity contribution in [2.24, 2.45) is 5.73 Å². The Kier molecular flexibility index (Phi) is 5.39. The lowest BCUT2D eigenvalue weighted by molar-refractivity contribution is -0.0499. The first-order chi connectivity index (χ1) is 9.08. The third kappa shape index (κ3) is 4.02. The molecule has 0 saturated carbocycles. The highest BCUT2D eigenvalue weighted by Gasteiger charge is 2.23. The van der Waals surface area contributed by atoms with Crippen LogP contribution in [0.3, 0.4) is 0 Å². The second-order valence-electron chi connectivity index (χ2n) is 5.40. The topological polar surface area (TPSA) is 38.5 Å². The molecule has 2 rings (SSSR count). The van der Waals surface area contributed by atoms with E-state index in [9.17, 15) is 0 Å². The molecule has 0 bridgehead atoms. The molecule has 3 unspecified atom stereocenters. The van der Waals surface area contributed by atoms with Gasteiger partial charge in [-0.05, 0) is 31.9 Å². The summed E-state index contributed by atoms with van der Waals surface area (Å²) in [6, 6.07) is 8.78. The first-order valence-corrected chi connectivity index (χ1v) is 7.73. The second kappa shape index (κ2) is 6.84. The van der Waals surface area contributed by atoms with Gasteiger partial charge in [0.25, 0.3) is 0 Å². The predicted octanol–water partition coefficient (Wildman–Crippen LogP) is 2.95. The molecular formula is C15H23BrN2O. The monoisotopic (exact) mass is 326 g/mol. The molecule has 1 fully saturated rings. The molecule has 1 aromatic carbocycles. The molecule has 1 heterocycles. The zero-order valence-corrected chi connectivity index (χ0v) is 13.3. The summed E-state index contributed by atoms with van der Waals surface area (Å²) >= 11 is 3.57. The van der Waals surface area contributed by atoms with Crippen LogP contribution in [0.2, 0.25) is 0 Å². The third-order valence-corrected chi connectivity index (χ3v) is 4.49. The maximum absolute atomic E-state index is 6.31. The van der Waals surface area contributed by atoms with Crippen molar-refractivity contribution in [2.45, 2.75) is 38.5 Å². The van der Waals surface area contributed by atoms with Crippen molar-refractivity contribution in [3.63, 3.8) is 0 Å². The summed E-state index contributed by atoms with van der Waals surface area (Å²) in [5, 5.41) is 0. The molecule has 0 amide bonds. The van der Waals surface area contributed by atoms with Crippen LogP contribution < -0.4 is 5.73 Å². The minimum absolute atomic E-state index is 0.0842. The number of nitrogens with two attached hydrogens (primary N) is 1. The molecule has 0 radical (unpaired) electrons. The van der Waals surface area contributed by atoms with E-state index in [2.05, 4.69) is 46.8 Å². The summed E-state index contributed by atoms with van der Waals surface area (Å²) in [6.45, 7) is 7.20. The lowest BCUT2D eigenvalue weighted by atomic mass is 10.0. The molecule has 19 heavy (non-hydrogen) atoms. The van der Waals surface area contributed by atoms with Crippen molar-refractivity contribution in [3.8, 4) is 0 Å². The number of ether oxygens (including phenoxy) is 1. The van der Waals surface area contributed by atoms with E-state index in [1.165, 1.54) is 5.56 Å². The van der Waals surface area contributed by atoms with Crippen LogP contribution >= 0.6 is 15.9 Å². The molecule has 1 saturated heterocycles. The van der Waals surface area contributed by atoms with E-state index in [-0.39, 0.29) is 6.04 Å². The molecule has 0 spiro atoms. The fraction of sp³-hybridized carbons (Fsp3) is 0.600. The van der Waals surface area contributed by atoms with Crippen molar-refractivity contribution in [1.82, 2.24) is 4.90 Å². The zero-order chi connectivity index (χ0) is 13.8. The van der Waals surface area contributed by atoms with E-state index < -0.39 is 0 Å². The fourth-order valence-corrected chi connectivity index (χ4v) is 3.10. The van der Waals surface area contributed by atoms with Crippen LogP contribution in [0.15, 0.2) is 28.7 Å². The van der Waals surface area contributed by atoms with E-state index in [0.29, 0.717) is 12.1 Å². The Labute approximate surface area is 124 Å². The molecule has 2 N–H and O–H groups in total. The molecule has 3 atom stereocenters. The van der Waals surface area contributed by atoms with Gasteiger partial charge >= 0.3 is 0 Å². The van der Waals surface area contributed by atoms with Crippen LogP contribution in [0.1, 0.15) is 31.9 Å². The highest BCUT2D eigenvalue weighted by Crippen LogP contribution is 2.24. The molecule has 4 heteroatoms. The van der Waals surface area contributed by atoms with Gasteiger partial charge < -0.3 is 10.5 Å². The maximum atomic E-state index is 6.31. The Balaban J connectivity index is 1.89. The van der Waals surface area contributed by atoms with Crippen molar-refractivity contribution in [1.29, 1.82) is 0 Å². The average molecular weight is 327 g/mol. The lowest BCUT2D eigenvalue weighted by Crippen LogP contribution is -2.47. The first kappa shape index (κ1) is 15.0. The first-order valence-electron chi connectivity index (χ1n) is 6.93. The third-order valence-electron chi connectivity index (χ3n) is 3.77. The molecular weight excluding hydrogens is 304 g/mol. The lowest BCUT2D eigenvalue weighted by Gasteiger charge is -2.37. The number of rotatable bonds is 4. The van der Waals surface area contributed by atoms with E-state index >= 15 is 0 Å². The van der Waals surface area contributed by atoms with Crippen LogP contribution in [0, 0.1) is 0 Å². The Morgan fingerprint density at radius 2 is 2.16 bits per heavy atom. The molecule has 0 aromatic heterocycles. The van der Waals surface area contributed by atoms with Gasteiger partial charge in [0.2, 0.25) is 0 Å². The van der Waals surface area contributed by atoms with Crippen molar-refractivity contribution in [2.75, 3.05) is 19.7 Å². The Morgan fingerprint density at radius 3 is 2.89 bits per heavy atom. The van der Waals surface area contributed by atoms with Gasteiger partial charge in [0, 0.05) is 29.6 Å². The predicted molar refractivity (Wildman–Crippen MR) is 82.1 cm³/mol. The van der Waals surface area contributed by atoms with Gasteiger partial charge in [-0.2, -0.15) is 0 Å². The summed E-state index contributed by atoms with van der Waals surface area (Å²) < 4.78 is 6.75. The standard InChI is InChI=1S/C15H23BrN2O/c1-11-10-19-12(2)9-18(11)8-7-15(17)13-5-3-4-6-14(13)16/h3-6,11-12,15H,7-10,17H2,1-2H3. The van der Waals surface area contributed by atoms with Crippen LogP contribution in [0.4, 0.5) is 0 Å². The van der Waals surface area contributed by atoms with Crippen LogP contribution in [-0.2, 0) is 4.74 Å². The van der Waals surface area contributed by atoms with Gasteiger partial charge in [0.1, 0.15) is 0 Å². The molecule has 3 nitrogen and oxygen atoms in total. The minimum atomic E-state index is 0.0842. The highest BCUT2D eigenvalue weighted by molar-refractivity contribution is 9.10. The zero-order valence-electron chi connectivity index (χ0n) is 11.7. The maximum Gasteiger partial charge on any atom is 0.0674 e. The summed E-state index contributed by atoms with van der Waals surface area (Å²) in [4.78, 5) is 2.48. The summed E-state index contributed by atoms with van der Waals surface area (Å²) in [6.07, 6.45) is 1.30. The van der Waals surface area contributed by atoms with Gasteiger partial charge in [-0.1, -0.05) is 34.1 Å². The number of hydrogen-bond donors (Lipinski definition) is 1. The smallest absolute Gasteiger partial charge is 0.0674 e. The Morgan fingerprint density at radius 1 is 1.42 bits per heavy atom. The average Bonchev–Trinajstić information content (AvgIpc) is 2.40. The number of morpholine rings is 1. The number of halogens is 1. The van der Waals surface area contributed by atoms with Gasteiger partial charge in [0.05, 0.1) is 12.7 Å². The molecule has 1 aromatic rings.